The largest absolute Gasteiger partial charge is 0.383 e. The van der Waals surface area contributed by atoms with Gasteiger partial charge >= 0.3 is 6.03 Å². The average molecular weight is 237 g/mol. The van der Waals surface area contributed by atoms with Gasteiger partial charge in [0.15, 0.2) is 0 Å². The number of methoxy groups -OCH3 is 1. The summed E-state index contributed by atoms with van der Waals surface area (Å²) in [7, 11) is 1.63. The Morgan fingerprint density at radius 2 is 2.41 bits per heavy atom. The average Bonchev–Trinajstić information content (AvgIpc) is 2.78. The minimum Gasteiger partial charge on any atom is -0.383 e. The summed E-state index contributed by atoms with van der Waals surface area (Å²) in [6, 6.07) is 4.21. The highest BCUT2D eigenvalue weighted by atomic mass is 16.5. The van der Waals surface area contributed by atoms with E-state index >= 15 is 0 Å². The minimum atomic E-state index is -0.0120. The standard InChI is InChI=1S/C12H19N3O2/c1-10-11-4-3-6-14(11)7-8-15(10)12(16)13-5-9-17-2/h3-4,6,10H,5,7-9H2,1-2H3,(H,13,16)/t10-/m0/s1. The topological polar surface area (TPSA) is 46.5 Å². The lowest BCUT2D eigenvalue weighted by Gasteiger charge is -2.34. The number of rotatable bonds is 3. The molecule has 0 spiro atoms. The number of urea groups is 1. The fraction of sp³-hybridized carbons (Fsp3) is 0.583. The number of carbonyl (C=O) groups is 1. The maximum Gasteiger partial charge on any atom is 0.318 e. The summed E-state index contributed by atoms with van der Waals surface area (Å²) >= 11 is 0. The molecule has 1 aliphatic rings. The predicted octanol–water partition coefficient (Wildman–Crippen LogP) is 1.22. The first-order valence-electron chi connectivity index (χ1n) is 5.92. The molecule has 2 amide bonds. The molecule has 0 unspecified atom stereocenters. The molecule has 0 saturated carbocycles. The van der Waals surface area contributed by atoms with Crippen LogP contribution in [0.3, 0.4) is 0 Å². The van der Waals surface area contributed by atoms with Crippen LogP contribution in [-0.4, -0.2) is 42.3 Å². The zero-order valence-electron chi connectivity index (χ0n) is 10.3. The van der Waals surface area contributed by atoms with Crippen LogP contribution in [0, 0.1) is 0 Å². The van der Waals surface area contributed by atoms with Gasteiger partial charge in [0, 0.05) is 38.6 Å². The van der Waals surface area contributed by atoms with Crippen molar-refractivity contribution in [2.45, 2.75) is 19.5 Å². The van der Waals surface area contributed by atoms with Crippen LogP contribution in [0.2, 0.25) is 0 Å². The summed E-state index contributed by atoms with van der Waals surface area (Å²) in [5, 5.41) is 2.86. The van der Waals surface area contributed by atoms with E-state index in [9.17, 15) is 4.79 Å². The van der Waals surface area contributed by atoms with E-state index in [2.05, 4.69) is 29.1 Å². The number of carbonyl (C=O) groups excluding carboxylic acids is 1. The van der Waals surface area contributed by atoms with Crippen molar-refractivity contribution in [3.63, 3.8) is 0 Å². The van der Waals surface area contributed by atoms with Crippen LogP contribution >= 0.6 is 0 Å². The third-order valence-corrected chi connectivity index (χ3v) is 3.19. The summed E-state index contributed by atoms with van der Waals surface area (Å²) in [5.41, 5.74) is 1.19. The molecule has 5 heteroatoms. The van der Waals surface area contributed by atoms with E-state index in [4.69, 9.17) is 4.74 Å². The molecule has 2 heterocycles. The van der Waals surface area contributed by atoms with E-state index in [1.807, 2.05) is 11.0 Å². The van der Waals surface area contributed by atoms with Gasteiger partial charge in [0.05, 0.1) is 12.6 Å². The number of hydrogen-bond donors (Lipinski definition) is 1. The Labute approximate surface area is 101 Å². The second-order valence-electron chi connectivity index (χ2n) is 4.22. The van der Waals surface area contributed by atoms with Crippen molar-refractivity contribution in [3.05, 3.63) is 24.0 Å². The lowest BCUT2D eigenvalue weighted by molar-refractivity contribution is 0.154. The smallest absolute Gasteiger partial charge is 0.318 e. The number of nitrogens with zero attached hydrogens (tertiary/aromatic N) is 2. The number of amides is 2. The van der Waals surface area contributed by atoms with Gasteiger partial charge in [0.1, 0.15) is 0 Å². The second kappa shape index (κ2) is 5.23. The molecule has 0 fully saturated rings. The Morgan fingerprint density at radius 3 is 3.18 bits per heavy atom. The number of hydrogen-bond acceptors (Lipinski definition) is 2. The maximum atomic E-state index is 12.0. The molecule has 1 N–H and O–H groups in total. The monoisotopic (exact) mass is 237 g/mol. The normalized spacial score (nSPS) is 18.9. The van der Waals surface area contributed by atoms with Gasteiger partial charge in [-0.1, -0.05) is 0 Å². The molecule has 0 aliphatic carbocycles. The van der Waals surface area contributed by atoms with E-state index in [0.29, 0.717) is 13.2 Å². The Kier molecular flexibility index (Phi) is 3.68. The van der Waals surface area contributed by atoms with Crippen LogP contribution in [0.25, 0.3) is 0 Å². The first kappa shape index (κ1) is 12.0. The second-order valence-corrected chi connectivity index (χ2v) is 4.22. The van der Waals surface area contributed by atoms with Gasteiger partial charge < -0.3 is 19.5 Å². The molecule has 0 aromatic carbocycles. The number of fused-ring (bicyclic) bond motifs is 1. The Hall–Kier alpha value is -1.49. The maximum absolute atomic E-state index is 12.0. The SMILES string of the molecule is COCCNC(=O)N1CCn2cccc2[C@@H]1C. The predicted molar refractivity (Wildman–Crippen MR) is 64.8 cm³/mol. The summed E-state index contributed by atoms with van der Waals surface area (Å²) in [6.45, 7) is 4.77. The van der Waals surface area contributed by atoms with Crippen LogP contribution < -0.4 is 5.32 Å². The molecule has 1 atom stereocenters. The zero-order valence-corrected chi connectivity index (χ0v) is 10.3. The summed E-state index contributed by atoms with van der Waals surface area (Å²) in [4.78, 5) is 13.8. The molecule has 1 aromatic rings. The highest BCUT2D eigenvalue weighted by Gasteiger charge is 2.26. The third kappa shape index (κ3) is 2.44. The third-order valence-electron chi connectivity index (χ3n) is 3.19. The van der Waals surface area contributed by atoms with Crippen molar-refractivity contribution in [3.8, 4) is 0 Å². The molecular formula is C12H19N3O2. The lowest BCUT2D eigenvalue weighted by atomic mass is 10.1. The van der Waals surface area contributed by atoms with Crippen LogP contribution in [0.15, 0.2) is 18.3 Å². The number of ether oxygens (including phenoxy) is 1. The van der Waals surface area contributed by atoms with Crippen molar-refractivity contribution >= 4 is 6.03 Å². The first-order chi connectivity index (χ1) is 8.24. The molecular weight excluding hydrogens is 218 g/mol. The van der Waals surface area contributed by atoms with E-state index in [-0.39, 0.29) is 12.1 Å². The van der Waals surface area contributed by atoms with Crippen molar-refractivity contribution in [2.24, 2.45) is 0 Å². The minimum absolute atomic E-state index is 0.0120. The van der Waals surface area contributed by atoms with Crippen molar-refractivity contribution in [2.75, 3.05) is 26.8 Å². The van der Waals surface area contributed by atoms with Gasteiger partial charge in [-0.05, 0) is 19.1 Å². The quantitative estimate of drug-likeness (QED) is 0.803. The van der Waals surface area contributed by atoms with Crippen molar-refractivity contribution < 1.29 is 9.53 Å². The highest BCUT2D eigenvalue weighted by Crippen LogP contribution is 2.24. The lowest BCUT2D eigenvalue weighted by Crippen LogP contribution is -2.46. The van der Waals surface area contributed by atoms with E-state index in [1.165, 1.54) is 5.69 Å². The van der Waals surface area contributed by atoms with Gasteiger partial charge in [0.25, 0.3) is 0 Å². The summed E-state index contributed by atoms with van der Waals surface area (Å²) < 4.78 is 7.11. The van der Waals surface area contributed by atoms with Gasteiger partial charge in [-0.15, -0.1) is 0 Å². The molecule has 0 radical (unpaired) electrons. The Balaban J connectivity index is 1.97. The van der Waals surface area contributed by atoms with Crippen LogP contribution in [0.4, 0.5) is 4.79 Å². The van der Waals surface area contributed by atoms with Gasteiger partial charge in [-0.25, -0.2) is 4.79 Å². The van der Waals surface area contributed by atoms with E-state index in [1.54, 1.807) is 7.11 Å². The van der Waals surface area contributed by atoms with Crippen LogP contribution in [0.1, 0.15) is 18.7 Å². The molecule has 5 nitrogen and oxygen atoms in total. The zero-order chi connectivity index (χ0) is 12.3. The van der Waals surface area contributed by atoms with Gasteiger partial charge in [-0.3, -0.25) is 0 Å². The summed E-state index contributed by atoms with van der Waals surface area (Å²) in [6.07, 6.45) is 2.06. The Morgan fingerprint density at radius 1 is 1.59 bits per heavy atom. The van der Waals surface area contributed by atoms with Crippen molar-refractivity contribution in [1.82, 2.24) is 14.8 Å². The Bertz CT molecular complexity index is 389. The molecule has 0 bridgehead atoms. The van der Waals surface area contributed by atoms with E-state index < -0.39 is 0 Å². The van der Waals surface area contributed by atoms with Gasteiger partial charge in [0.2, 0.25) is 0 Å². The molecule has 2 rings (SSSR count). The molecule has 1 aliphatic heterocycles. The highest BCUT2D eigenvalue weighted by molar-refractivity contribution is 5.74. The van der Waals surface area contributed by atoms with Crippen LogP contribution in [0.5, 0.6) is 0 Å². The molecule has 1 aromatic heterocycles. The fourth-order valence-corrected chi connectivity index (χ4v) is 2.22. The molecule has 94 valence electrons. The number of aromatic nitrogens is 1. The van der Waals surface area contributed by atoms with E-state index in [0.717, 1.165) is 13.1 Å². The summed E-state index contributed by atoms with van der Waals surface area (Å²) in [5.74, 6) is 0. The van der Waals surface area contributed by atoms with Crippen molar-refractivity contribution in [1.29, 1.82) is 0 Å². The molecule has 0 saturated heterocycles. The fourth-order valence-electron chi connectivity index (χ4n) is 2.22. The van der Waals surface area contributed by atoms with Crippen LogP contribution in [-0.2, 0) is 11.3 Å². The van der Waals surface area contributed by atoms with Gasteiger partial charge in [-0.2, -0.15) is 0 Å². The molecule has 17 heavy (non-hydrogen) atoms. The first-order valence-corrected chi connectivity index (χ1v) is 5.92. The number of nitrogens with one attached hydrogen (secondary N) is 1.